The van der Waals surface area contributed by atoms with Crippen LogP contribution in [0.4, 0.5) is 0 Å². The highest BCUT2D eigenvalue weighted by molar-refractivity contribution is 5.96. The Hall–Kier alpha value is -3.81. The van der Waals surface area contributed by atoms with E-state index in [1.807, 2.05) is 13.0 Å². The average Bonchev–Trinajstić information content (AvgIpc) is 3.17. The zero-order valence-corrected chi connectivity index (χ0v) is 16.7. The Bertz CT molecular complexity index is 1040. The first kappa shape index (κ1) is 20.9. The Morgan fingerprint density at radius 2 is 1.77 bits per heavy atom. The molecule has 0 saturated carbocycles. The summed E-state index contributed by atoms with van der Waals surface area (Å²) in [5.74, 6) is 0.502. The van der Waals surface area contributed by atoms with Crippen molar-refractivity contribution in [2.75, 3.05) is 19.8 Å². The van der Waals surface area contributed by atoms with Crippen LogP contribution in [0.25, 0.3) is 11.0 Å². The molecule has 30 heavy (non-hydrogen) atoms. The van der Waals surface area contributed by atoms with E-state index in [1.165, 1.54) is 6.21 Å². The molecule has 0 atom stereocenters. The van der Waals surface area contributed by atoms with E-state index >= 15 is 0 Å². The fourth-order valence-corrected chi connectivity index (χ4v) is 2.61. The summed E-state index contributed by atoms with van der Waals surface area (Å²) in [4.78, 5) is 23.5. The quantitative estimate of drug-likeness (QED) is 0.329. The summed E-state index contributed by atoms with van der Waals surface area (Å²) >= 11 is 0. The van der Waals surface area contributed by atoms with E-state index in [4.69, 9.17) is 18.6 Å². The molecule has 0 unspecified atom stereocenters. The molecule has 0 fully saturated rings. The molecule has 1 amide bonds. The Morgan fingerprint density at radius 1 is 1.00 bits per heavy atom. The molecule has 2 aromatic carbocycles. The largest absolute Gasteiger partial charge is 0.494 e. The van der Waals surface area contributed by atoms with Crippen LogP contribution in [0.2, 0.25) is 0 Å². The van der Waals surface area contributed by atoms with Crippen molar-refractivity contribution in [1.82, 2.24) is 5.43 Å². The number of nitrogens with zero attached hydrogens (tertiary/aromatic N) is 1. The number of hydrogen-bond acceptors (Lipinski definition) is 7. The zero-order chi connectivity index (χ0) is 21.3. The van der Waals surface area contributed by atoms with Crippen LogP contribution in [0.5, 0.6) is 11.5 Å². The highest BCUT2D eigenvalue weighted by Crippen LogP contribution is 2.24. The molecule has 0 radical (unpaired) electrons. The van der Waals surface area contributed by atoms with Gasteiger partial charge >= 0.3 is 11.9 Å². The van der Waals surface area contributed by atoms with Gasteiger partial charge in [-0.1, -0.05) is 0 Å². The van der Waals surface area contributed by atoms with Gasteiger partial charge in [-0.3, -0.25) is 4.79 Å². The molecule has 0 saturated heterocycles. The molecule has 1 aromatic heterocycles. The van der Waals surface area contributed by atoms with Crippen molar-refractivity contribution in [1.29, 1.82) is 0 Å². The summed E-state index contributed by atoms with van der Waals surface area (Å²) in [5, 5.41) is 4.71. The van der Waals surface area contributed by atoms with Crippen molar-refractivity contribution in [3.05, 3.63) is 59.9 Å². The number of hydrazone groups is 1. The van der Waals surface area contributed by atoms with Crippen LogP contribution in [0, 0.1) is 0 Å². The van der Waals surface area contributed by atoms with Gasteiger partial charge in [0.2, 0.25) is 0 Å². The molecule has 0 aliphatic carbocycles. The number of esters is 1. The molecular formula is C22H22N2O6. The number of nitrogens with one attached hydrogen (secondary N) is 1. The van der Waals surface area contributed by atoms with Crippen LogP contribution in [-0.4, -0.2) is 37.9 Å². The van der Waals surface area contributed by atoms with Crippen LogP contribution < -0.4 is 14.9 Å². The second-order valence-corrected chi connectivity index (χ2v) is 6.11. The maximum Gasteiger partial charge on any atom is 0.344 e. The van der Waals surface area contributed by atoms with E-state index < -0.39 is 11.9 Å². The minimum atomic E-state index is -0.463. The Balaban J connectivity index is 1.55. The number of furan rings is 1. The van der Waals surface area contributed by atoms with E-state index in [-0.39, 0.29) is 12.4 Å². The predicted octanol–water partition coefficient (Wildman–Crippen LogP) is 3.54. The molecule has 3 rings (SSSR count). The third kappa shape index (κ3) is 5.60. The third-order valence-corrected chi connectivity index (χ3v) is 3.94. The molecule has 1 heterocycles. The number of rotatable bonds is 9. The average molecular weight is 410 g/mol. The molecule has 3 aromatic rings. The van der Waals surface area contributed by atoms with Crippen molar-refractivity contribution < 1.29 is 28.2 Å². The van der Waals surface area contributed by atoms with Gasteiger partial charge in [-0.15, -0.1) is 0 Å². The summed E-state index contributed by atoms with van der Waals surface area (Å²) in [5.41, 5.74) is 3.76. The van der Waals surface area contributed by atoms with Crippen molar-refractivity contribution in [3.63, 3.8) is 0 Å². The normalized spacial score (nSPS) is 10.9. The fourth-order valence-electron chi connectivity index (χ4n) is 2.61. The second-order valence-electron chi connectivity index (χ2n) is 6.11. The zero-order valence-electron chi connectivity index (χ0n) is 16.7. The number of benzene rings is 2. The fraction of sp³-hybridized carbons (Fsp3) is 0.227. The van der Waals surface area contributed by atoms with Gasteiger partial charge in [0.1, 0.15) is 17.1 Å². The summed E-state index contributed by atoms with van der Waals surface area (Å²) in [7, 11) is 0. The van der Waals surface area contributed by atoms with Crippen molar-refractivity contribution in [3.8, 4) is 11.5 Å². The highest BCUT2D eigenvalue weighted by atomic mass is 16.6. The monoisotopic (exact) mass is 410 g/mol. The van der Waals surface area contributed by atoms with Crippen LogP contribution >= 0.6 is 0 Å². The lowest BCUT2D eigenvalue weighted by atomic mass is 10.2. The lowest BCUT2D eigenvalue weighted by Gasteiger charge is -2.05. The van der Waals surface area contributed by atoms with Gasteiger partial charge in [-0.25, -0.2) is 10.2 Å². The van der Waals surface area contributed by atoms with Gasteiger partial charge in [0.05, 0.1) is 19.4 Å². The van der Waals surface area contributed by atoms with Gasteiger partial charge in [-0.05, 0) is 67.9 Å². The molecule has 8 nitrogen and oxygen atoms in total. The molecule has 8 heteroatoms. The smallest absolute Gasteiger partial charge is 0.344 e. The van der Waals surface area contributed by atoms with E-state index in [0.717, 1.165) is 10.9 Å². The summed E-state index contributed by atoms with van der Waals surface area (Å²) in [6, 6.07) is 13.9. The molecule has 1 N–H and O–H groups in total. The van der Waals surface area contributed by atoms with E-state index in [2.05, 4.69) is 10.5 Å². The first-order valence-electron chi connectivity index (χ1n) is 9.47. The first-order chi connectivity index (χ1) is 14.6. The topological polar surface area (TPSA) is 99.4 Å². The Labute approximate surface area is 173 Å². The number of carbonyl (C=O) groups is 2. The minimum absolute atomic E-state index is 0.151. The molecule has 156 valence electrons. The third-order valence-electron chi connectivity index (χ3n) is 3.94. The molecular weight excluding hydrogens is 388 g/mol. The van der Waals surface area contributed by atoms with Crippen LogP contribution in [0.15, 0.2) is 58.0 Å². The number of ether oxygens (including phenoxy) is 3. The second kappa shape index (κ2) is 10.1. The van der Waals surface area contributed by atoms with E-state index in [0.29, 0.717) is 30.3 Å². The lowest BCUT2D eigenvalue weighted by Crippen LogP contribution is -2.16. The molecule has 0 spiro atoms. The van der Waals surface area contributed by atoms with Crippen molar-refractivity contribution >= 4 is 29.1 Å². The van der Waals surface area contributed by atoms with Crippen LogP contribution in [-0.2, 0) is 9.53 Å². The molecule has 0 bridgehead atoms. The van der Waals surface area contributed by atoms with Crippen molar-refractivity contribution in [2.45, 2.75) is 13.8 Å². The van der Waals surface area contributed by atoms with Gasteiger partial charge in [0.25, 0.3) is 0 Å². The standard InChI is InChI=1S/C22H22N2O6/c1-3-27-18-9-10-19-16(11-18)12-20(30-19)22(26)24-23-13-15-5-7-17(8-6-15)29-14-21(25)28-4-2/h5-13H,3-4,14H2,1-2H3,(H,24,26)/b23-13+. The number of fused-ring (bicyclic) bond motifs is 1. The number of carbonyl (C=O) groups excluding carboxylic acids is 2. The first-order valence-corrected chi connectivity index (χ1v) is 9.47. The van der Waals surface area contributed by atoms with Gasteiger partial charge < -0.3 is 18.6 Å². The molecule has 0 aliphatic heterocycles. The maximum absolute atomic E-state index is 12.3. The van der Waals surface area contributed by atoms with E-state index in [1.54, 1.807) is 49.4 Å². The summed E-state index contributed by atoms with van der Waals surface area (Å²) in [6.07, 6.45) is 1.49. The highest BCUT2D eigenvalue weighted by Gasteiger charge is 2.12. The van der Waals surface area contributed by atoms with Crippen molar-refractivity contribution in [2.24, 2.45) is 5.10 Å². The van der Waals surface area contributed by atoms with Crippen LogP contribution in [0.1, 0.15) is 30.0 Å². The Morgan fingerprint density at radius 3 is 2.50 bits per heavy atom. The maximum atomic E-state index is 12.3. The molecule has 0 aliphatic rings. The number of amides is 1. The SMILES string of the molecule is CCOC(=O)COc1ccc(/C=N/NC(=O)c2cc3cc(OCC)ccc3o2)cc1. The summed E-state index contributed by atoms with van der Waals surface area (Å²) in [6.45, 7) is 4.36. The Kier molecular flexibility index (Phi) is 7.05. The van der Waals surface area contributed by atoms with Gasteiger partial charge in [0, 0.05) is 5.39 Å². The lowest BCUT2D eigenvalue weighted by molar-refractivity contribution is -0.145. The predicted molar refractivity (Wildman–Crippen MR) is 111 cm³/mol. The summed E-state index contributed by atoms with van der Waals surface area (Å²) < 4.78 is 21.1. The van der Waals surface area contributed by atoms with Gasteiger partial charge in [0.15, 0.2) is 12.4 Å². The van der Waals surface area contributed by atoms with Crippen LogP contribution in [0.3, 0.4) is 0 Å². The number of hydrogen-bond donors (Lipinski definition) is 1. The van der Waals surface area contributed by atoms with E-state index in [9.17, 15) is 9.59 Å². The van der Waals surface area contributed by atoms with Gasteiger partial charge in [-0.2, -0.15) is 5.10 Å². The minimum Gasteiger partial charge on any atom is -0.494 e.